The van der Waals surface area contributed by atoms with E-state index < -0.39 is 11.1 Å². The molecular formula is C26H25N3O3. The van der Waals surface area contributed by atoms with E-state index in [4.69, 9.17) is 0 Å². The van der Waals surface area contributed by atoms with Crippen molar-refractivity contribution in [2.45, 2.75) is 25.9 Å². The predicted octanol–water partition coefficient (Wildman–Crippen LogP) is 3.13. The van der Waals surface area contributed by atoms with Gasteiger partial charge in [0, 0.05) is 6.54 Å². The number of nitrogens with zero attached hydrogens (tertiary/aromatic N) is 2. The van der Waals surface area contributed by atoms with Crippen LogP contribution in [0.15, 0.2) is 94.5 Å². The van der Waals surface area contributed by atoms with E-state index in [9.17, 15) is 14.4 Å². The topological polar surface area (TPSA) is 73.1 Å². The van der Waals surface area contributed by atoms with Gasteiger partial charge in [-0.15, -0.1) is 0 Å². The monoisotopic (exact) mass is 427 g/mol. The number of aromatic nitrogens is 2. The fraction of sp³-hybridized carbons (Fsp3) is 0.192. The average molecular weight is 428 g/mol. The van der Waals surface area contributed by atoms with Crippen molar-refractivity contribution in [2.75, 3.05) is 6.54 Å². The Kier molecular flexibility index (Phi) is 6.31. The van der Waals surface area contributed by atoms with Gasteiger partial charge < -0.3 is 5.32 Å². The molecule has 3 aromatic carbocycles. The lowest BCUT2D eigenvalue weighted by Crippen LogP contribution is -2.44. The third kappa shape index (κ3) is 4.54. The second-order valence-corrected chi connectivity index (χ2v) is 7.87. The summed E-state index contributed by atoms with van der Waals surface area (Å²) in [5.74, 6) is -0.173. The standard InChI is InChI=1S/C26H25N3O3/c1-19(21-12-6-3-7-13-21)16-27-24(30)18-29-23-15-9-8-14-22(23)28(25(31)26(29)32)17-20-10-4-2-5-11-20/h2-15,19H,16-18H2,1H3,(H,27,30). The van der Waals surface area contributed by atoms with Gasteiger partial charge in [-0.25, -0.2) is 0 Å². The van der Waals surface area contributed by atoms with E-state index in [1.807, 2.05) is 73.7 Å². The molecule has 0 bridgehead atoms. The number of hydrogen-bond acceptors (Lipinski definition) is 3. The van der Waals surface area contributed by atoms with Gasteiger partial charge >= 0.3 is 11.1 Å². The van der Waals surface area contributed by atoms with Crippen LogP contribution in [-0.4, -0.2) is 21.6 Å². The van der Waals surface area contributed by atoms with Crippen molar-refractivity contribution in [3.05, 3.63) is 117 Å². The second kappa shape index (κ2) is 9.47. The van der Waals surface area contributed by atoms with Gasteiger partial charge in [0.05, 0.1) is 17.6 Å². The summed E-state index contributed by atoms with van der Waals surface area (Å²) < 4.78 is 2.74. The highest BCUT2D eigenvalue weighted by Crippen LogP contribution is 2.14. The highest BCUT2D eigenvalue weighted by molar-refractivity contribution is 5.80. The zero-order chi connectivity index (χ0) is 22.5. The summed E-state index contributed by atoms with van der Waals surface area (Å²) in [5.41, 5.74) is 1.87. The van der Waals surface area contributed by atoms with E-state index in [1.54, 1.807) is 18.2 Å². The van der Waals surface area contributed by atoms with Crippen LogP contribution in [0.4, 0.5) is 0 Å². The van der Waals surface area contributed by atoms with Crippen LogP contribution in [0.5, 0.6) is 0 Å². The summed E-state index contributed by atoms with van der Waals surface area (Å²) >= 11 is 0. The van der Waals surface area contributed by atoms with E-state index in [-0.39, 0.29) is 24.9 Å². The Hall–Kier alpha value is -3.93. The Labute approximate surface area is 185 Å². The molecule has 6 heteroatoms. The van der Waals surface area contributed by atoms with E-state index in [0.29, 0.717) is 17.6 Å². The van der Waals surface area contributed by atoms with Crippen molar-refractivity contribution >= 4 is 16.9 Å². The number of fused-ring (bicyclic) bond motifs is 1. The van der Waals surface area contributed by atoms with Gasteiger partial charge in [0.25, 0.3) is 0 Å². The molecule has 0 radical (unpaired) electrons. The van der Waals surface area contributed by atoms with E-state index in [0.717, 1.165) is 11.1 Å². The molecule has 1 aromatic heterocycles. The molecule has 1 unspecified atom stereocenters. The smallest absolute Gasteiger partial charge is 0.317 e. The SMILES string of the molecule is CC(CNC(=O)Cn1c(=O)c(=O)n(Cc2ccccc2)c2ccccc21)c1ccccc1. The minimum absolute atomic E-state index is 0.132. The lowest BCUT2D eigenvalue weighted by molar-refractivity contribution is -0.121. The fourth-order valence-electron chi connectivity index (χ4n) is 3.82. The Morgan fingerprint density at radius 3 is 1.97 bits per heavy atom. The Morgan fingerprint density at radius 2 is 1.31 bits per heavy atom. The lowest BCUT2D eigenvalue weighted by Gasteiger charge is -2.16. The number of benzene rings is 3. The number of hydrogen-bond donors (Lipinski definition) is 1. The number of carbonyl (C=O) groups is 1. The number of para-hydroxylation sites is 2. The summed E-state index contributed by atoms with van der Waals surface area (Å²) in [7, 11) is 0. The van der Waals surface area contributed by atoms with Crippen LogP contribution in [0.3, 0.4) is 0 Å². The van der Waals surface area contributed by atoms with Gasteiger partial charge in [-0.05, 0) is 29.2 Å². The minimum Gasteiger partial charge on any atom is -0.354 e. The van der Waals surface area contributed by atoms with Crippen molar-refractivity contribution in [3.63, 3.8) is 0 Å². The predicted molar refractivity (Wildman–Crippen MR) is 126 cm³/mol. The van der Waals surface area contributed by atoms with Crippen molar-refractivity contribution < 1.29 is 4.79 Å². The van der Waals surface area contributed by atoms with Gasteiger partial charge in [-0.3, -0.25) is 23.5 Å². The first-order chi connectivity index (χ1) is 15.5. The third-order valence-electron chi connectivity index (χ3n) is 5.60. The zero-order valence-corrected chi connectivity index (χ0v) is 17.9. The molecule has 6 nitrogen and oxygen atoms in total. The van der Waals surface area contributed by atoms with Crippen molar-refractivity contribution in [3.8, 4) is 0 Å². The van der Waals surface area contributed by atoms with Crippen LogP contribution in [0, 0.1) is 0 Å². The van der Waals surface area contributed by atoms with Crippen molar-refractivity contribution in [1.29, 1.82) is 0 Å². The third-order valence-corrected chi connectivity index (χ3v) is 5.60. The Balaban J connectivity index is 1.60. The first-order valence-electron chi connectivity index (χ1n) is 10.6. The quantitative estimate of drug-likeness (QED) is 0.461. The molecule has 0 aliphatic carbocycles. The zero-order valence-electron chi connectivity index (χ0n) is 17.9. The van der Waals surface area contributed by atoms with Crippen LogP contribution >= 0.6 is 0 Å². The first-order valence-corrected chi connectivity index (χ1v) is 10.6. The summed E-state index contributed by atoms with van der Waals surface area (Å²) in [4.78, 5) is 38.5. The molecule has 32 heavy (non-hydrogen) atoms. The van der Waals surface area contributed by atoms with Gasteiger partial charge in [0.1, 0.15) is 6.54 Å². The molecule has 1 atom stereocenters. The average Bonchev–Trinajstić information content (AvgIpc) is 2.84. The van der Waals surface area contributed by atoms with Gasteiger partial charge in [-0.2, -0.15) is 0 Å². The summed E-state index contributed by atoms with van der Waals surface area (Å²) in [5, 5.41) is 2.89. The summed E-state index contributed by atoms with van der Waals surface area (Å²) in [6, 6.07) is 26.6. The van der Waals surface area contributed by atoms with Crippen LogP contribution in [0.1, 0.15) is 24.0 Å². The molecule has 0 spiro atoms. The lowest BCUT2D eigenvalue weighted by atomic mass is 10.0. The molecular weight excluding hydrogens is 402 g/mol. The number of nitrogens with one attached hydrogen (secondary N) is 1. The normalized spacial score (nSPS) is 11.9. The van der Waals surface area contributed by atoms with Gasteiger partial charge in [-0.1, -0.05) is 79.7 Å². The molecule has 0 fully saturated rings. The maximum atomic E-state index is 12.9. The molecule has 0 aliphatic heterocycles. The molecule has 1 amide bonds. The summed E-state index contributed by atoms with van der Waals surface area (Å²) in [6.07, 6.45) is 0. The maximum Gasteiger partial charge on any atom is 0.317 e. The van der Waals surface area contributed by atoms with Crippen molar-refractivity contribution in [1.82, 2.24) is 14.5 Å². The largest absolute Gasteiger partial charge is 0.354 e. The van der Waals surface area contributed by atoms with Gasteiger partial charge in [0.2, 0.25) is 5.91 Å². The minimum atomic E-state index is -0.703. The molecule has 0 saturated heterocycles. The number of rotatable bonds is 7. The summed E-state index contributed by atoms with van der Waals surface area (Å²) in [6.45, 7) is 2.56. The number of amides is 1. The van der Waals surface area contributed by atoms with Crippen LogP contribution in [0.2, 0.25) is 0 Å². The van der Waals surface area contributed by atoms with Crippen LogP contribution in [-0.2, 0) is 17.9 Å². The number of carbonyl (C=O) groups excluding carboxylic acids is 1. The maximum absolute atomic E-state index is 12.9. The van der Waals surface area contributed by atoms with Gasteiger partial charge in [0.15, 0.2) is 0 Å². The highest BCUT2D eigenvalue weighted by atomic mass is 16.2. The molecule has 0 aliphatic rings. The molecule has 4 rings (SSSR count). The Morgan fingerprint density at radius 1 is 0.781 bits per heavy atom. The van der Waals surface area contributed by atoms with Crippen LogP contribution in [0.25, 0.3) is 11.0 Å². The van der Waals surface area contributed by atoms with E-state index in [1.165, 1.54) is 9.13 Å². The molecule has 0 saturated carbocycles. The second-order valence-electron chi connectivity index (χ2n) is 7.87. The Bertz CT molecular complexity index is 1340. The van der Waals surface area contributed by atoms with Crippen molar-refractivity contribution in [2.24, 2.45) is 0 Å². The first kappa shape index (κ1) is 21.3. The molecule has 1 N–H and O–H groups in total. The van der Waals surface area contributed by atoms with E-state index in [2.05, 4.69) is 5.32 Å². The molecule has 1 heterocycles. The van der Waals surface area contributed by atoms with Crippen LogP contribution < -0.4 is 16.4 Å². The molecule has 162 valence electrons. The molecule has 4 aromatic rings. The highest BCUT2D eigenvalue weighted by Gasteiger charge is 2.16. The fourth-order valence-corrected chi connectivity index (χ4v) is 3.82. The van der Waals surface area contributed by atoms with E-state index >= 15 is 0 Å².